The molecule has 0 atom stereocenters. The van der Waals surface area contributed by atoms with Gasteiger partial charge >= 0.3 is 0 Å². The lowest BCUT2D eigenvalue weighted by molar-refractivity contribution is -0.384. The van der Waals surface area contributed by atoms with Gasteiger partial charge in [0.1, 0.15) is 5.78 Å². The van der Waals surface area contributed by atoms with Gasteiger partial charge in [-0.3, -0.25) is 19.9 Å². The summed E-state index contributed by atoms with van der Waals surface area (Å²) in [5, 5.41) is 10.8. The number of carbonyl (C=O) groups excluding carboxylic acids is 1. The van der Waals surface area contributed by atoms with Crippen LogP contribution in [0.1, 0.15) is 23.7 Å². The van der Waals surface area contributed by atoms with Gasteiger partial charge in [0.15, 0.2) is 0 Å². The van der Waals surface area contributed by atoms with E-state index in [4.69, 9.17) is 0 Å². The zero-order valence-electron chi connectivity index (χ0n) is 11.1. The molecule has 5 heteroatoms. The first kappa shape index (κ1) is 13.9. The van der Waals surface area contributed by atoms with Crippen LogP contribution in [-0.4, -0.2) is 15.7 Å². The number of nitrogens with zero attached hydrogens (tertiary/aromatic N) is 2. The Morgan fingerprint density at radius 3 is 2.80 bits per heavy atom. The Hall–Kier alpha value is -2.56. The van der Waals surface area contributed by atoms with E-state index in [1.165, 1.54) is 19.1 Å². The summed E-state index contributed by atoms with van der Waals surface area (Å²) in [6.45, 7) is 1.53. The van der Waals surface area contributed by atoms with E-state index in [0.29, 0.717) is 12.8 Å². The monoisotopic (exact) mass is 270 g/mol. The van der Waals surface area contributed by atoms with Crippen molar-refractivity contribution in [3.8, 4) is 0 Å². The maximum atomic E-state index is 11.2. The van der Waals surface area contributed by atoms with Crippen LogP contribution in [-0.2, 0) is 17.6 Å². The lowest BCUT2D eigenvalue weighted by Crippen LogP contribution is -2.04. The molecule has 0 fully saturated rings. The first-order valence-corrected chi connectivity index (χ1v) is 6.22. The van der Waals surface area contributed by atoms with Crippen molar-refractivity contribution in [2.24, 2.45) is 0 Å². The Labute approximate surface area is 116 Å². The molecule has 0 aliphatic rings. The second kappa shape index (κ2) is 6.06. The summed E-state index contributed by atoms with van der Waals surface area (Å²) < 4.78 is 0. The molecule has 2 rings (SSSR count). The van der Waals surface area contributed by atoms with E-state index in [9.17, 15) is 14.9 Å². The number of rotatable bonds is 5. The summed E-state index contributed by atoms with van der Waals surface area (Å²) in [6, 6.07) is 10.1. The summed E-state index contributed by atoms with van der Waals surface area (Å²) in [4.78, 5) is 25.9. The number of benzene rings is 1. The number of ketones is 1. The van der Waals surface area contributed by atoms with Gasteiger partial charge in [0.25, 0.3) is 5.69 Å². The lowest BCUT2D eigenvalue weighted by Gasteiger charge is -2.07. The maximum Gasteiger partial charge on any atom is 0.269 e. The van der Waals surface area contributed by atoms with Gasteiger partial charge in [-0.05, 0) is 24.1 Å². The van der Waals surface area contributed by atoms with Crippen molar-refractivity contribution in [3.63, 3.8) is 0 Å². The van der Waals surface area contributed by atoms with Crippen molar-refractivity contribution < 1.29 is 9.72 Å². The van der Waals surface area contributed by atoms with Crippen molar-refractivity contribution in [1.29, 1.82) is 0 Å². The number of nitro groups is 1. The molecule has 2 aromatic rings. The number of hydrogen-bond acceptors (Lipinski definition) is 4. The molecule has 5 nitrogen and oxygen atoms in total. The Balaban J connectivity index is 2.28. The van der Waals surface area contributed by atoms with Crippen LogP contribution < -0.4 is 0 Å². The summed E-state index contributed by atoms with van der Waals surface area (Å²) in [5.74, 6) is 0.0679. The van der Waals surface area contributed by atoms with Crippen molar-refractivity contribution in [2.45, 2.75) is 19.8 Å². The van der Waals surface area contributed by atoms with Crippen molar-refractivity contribution in [1.82, 2.24) is 4.98 Å². The third-order valence-corrected chi connectivity index (χ3v) is 2.92. The SMILES string of the molecule is CC(=O)Cc1cccnc1Cc1cccc([N+](=O)[O-])c1. The van der Waals surface area contributed by atoms with Crippen LogP contribution in [0.2, 0.25) is 0 Å². The topological polar surface area (TPSA) is 73.1 Å². The molecule has 0 bridgehead atoms. The Morgan fingerprint density at radius 1 is 1.30 bits per heavy atom. The van der Waals surface area contributed by atoms with E-state index in [1.807, 2.05) is 12.1 Å². The minimum atomic E-state index is -0.418. The smallest absolute Gasteiger partial charge is 0.269 e. The molecule has 102 valence electrons. The van der Waals surface area contributed by atoms with E-state index in [0.717, 1.165) is 16.8 Å². The van der Waals surface area contributed by atoms with Gasteiger partial charge in [0.05, 0.1) is 4.92 Å². The normalized spacial score (nSPS) is 10.2. The molecule has 1 heterocycles. The van der Waals surface area contributed by atoms with Crippen LogP contribution in [0, 0.1) is 10.1 Å². The number of non-ortho nitro benzene ring substituents is 1. The van der Waals surface area contributed by atoms with Crippen LogP contribution in [0.3, 0.4) is 0 Å². The first-order valence-electron chi connectivity index (χ1n) is 6.22. The molecule has 0 amide bonds. The number of aromatic nitrogens is 1. The molecule has 0 saturated heterocycles. The number of nitro benzene ring substituents is 1. The summed E-state index contributed by atoms with van der Waals surface area (Å²) in [5.41, 5.74) is 2.52. The second-order valence-corrected chi connectivity index (χ2v) is 4.59. The zero-order chi connectivity index (χ0) is 14.5. The van der Waals surface area contributed by atoms with Crippen molar-refractivity contribution in [3.05, 3.63) is 69.5 Å². The molecule has 0 aliphatic heterocycles. The van der Waals surface area contributed by atoms with Gasteiger partial charge in [0, 0.05) is 36.9 Å². The number of hydrogen-bond donors (Lipinski definition) is 0. The third-order valence-electron chi connectivity index (χ3n) is 2.92. The Morgan fingerprint density at radius 2 is 2.10 bits per heavy atom. The average Bonchev–Trinajstić information content (AvgIpc) is 2.41. The third kappa shape index (κ3) is 3.47. The fourth-order valence-corrected chi connectivity index (χ4v) is 2.03. The van der Waals surface area contributed by atoms with Gasteiger partial charge in [-0.1, -0.05) is 18.2 Å². The minimum Gasteiger partial charge on any atom is -0.300 e. The highest BCUT2D eigenvalue weighted by atomic mass is 16.6. The Bertz CT molecular complexity index is 653. The van der Waals surface area contributed by atoms with Gasteiger partial charge in [-0.2, -0.15) is 0 Å². The average molecular weight is 270 g/mol. The fraction of sp³-hybridized carbons (Fsp3) is 0.200. The largest absolute Gasteiger partial charge is 0.300 e. The quantitative estimate of drug-likeness (QED) is 0.618. The van der Waals surface area contributed by atoms with E-state index < -0.39 is 4.92 Å². The summed E-state index contributed by atoms with van der Waals surface area (Å²) >= 11 is 0. The molecule has 0 aliphatic carbocycles. The molecule has 1 aromatic heterocycles. The molecular formula is C15H14N2O3. The van der Waals surface area contributed by atoms with Crippen molar-refractivity contribution in [2.75, 3.05) is 0 Å². The van der Waals surface area contributed by atoms with Gasteiger partial charge in [-0.15, -0.1) is 0 Å². The summed E-state index contributed by atoms with van der Waals surface area (Å²) in [6.07, 6.45) is 2.47. The Kier molecular flexibility index (Phi) is 4.20. The van der Waals surface area contributed by atoms with E-state index in [1.54, 1.807) is 18.3 Å². The van der Waals surface area contributed by atoms with Gasteiger partial charge < -0.3 is 0 Å². The van der Waals surface area contributed by atoms with E-state index >= 15 is 0 Å². The minimum absolute atomic E-state index is 0.0616. The van der Waals surface area contributed by atoms with Crippen LogP contribution in [0.15, 0.2) is 42.6 Å². The molecule has 1 aromatic carbocycles. The molecule has 0 saturated carbocycles. The molecular weight excluding hydrogens is 256 g/mol. The molecule has 20 heavy (non-hydrogen) atoms. The van der Waals surface area contributed by atoms with Crippen LogP contribution in [0.4, 0.5) is 5.69 Å². The maximum absolute atomic E-state index is 11.2. The van der Waals surface area contributed by atoms with Gasteiger partial charge in [0.2, 0.25) is 0 Å². The predicted octanol–water partition coefficient (Wildman–Crippen LogP) is 2.71. The first-order chi connectivity index (χ1) is 9.56. The molecule has 0 spiro atoms. The highest BCUT2D eigenvalue weighted by molar-refractivity contribution is 5.78. The fourth-order valence-electron chi connectivity index (χ4n) is 2.03. The molecule has 0 N–H and O–H groups in total. The number of Topliss-reactive ketones (excluding diaryl/α,β-unsaturated/α-hetero) is 1. The highest BCUT2D eigenvalue weighted by Gasteiger charge is 2.10. The number of pyridine rings is 1. The van der Waals surface area contributed by atoms with E-state index in [-0.39, 0.29) is 11.5 Å². The van der Waals surface area contributed by atoms with Crippen LogP contribution in [0.5, 0.6) is 0 Å². The predicted molar refractivity (Wildman–Crippen MR) is 74.5 cm³/mol. The summed E-state index contributed by atoms with van der Waals surface area (Å²) in [7, 11) is 0. The number of carbonyl (C=O) groups is 1. The lowest BCUT2D eigenvalue weighted by atomic mass is 10.0. The molecule has 0 radical (unpaired) electrons. The van der Waals surface area contributed by atoms with Crippen molar-refractivity contribution >= 4 is 11.5 Å². The van der Waals surface area contributed by atoms with Crippen LogP contribution >= 0.6 is 0 Å². The molecule has 0 unspecified atom stereocenters. The standard InChI is InChI=1S/C15H14N2O3/c1-11(18)8-13-5-3-7-16-15(13)10-12-4-2-6-14(9-12)17(19)20/h2-7,9H,8,10H2,1H3. The highest BCUT2D eigenvalue weighted by Crippen LogP contribution is 2.17. The zero-order valence-corrected chi connectivity index (χ0v) is 11.1. The van der Waals surface area contributed by atoms with E-state index in [2.05, 4.69) is 4.98 Å². The van der Waals surface area contributed by atoms with Gasteiger partial charge in [-0.25, -0.2) is 0 Å². The second-order valence-electron chi connectivity index (χ2n) is 4.59. The van der Waals surface area contributed by atoms with Crippen LogP contribution in [0.25, 0.3) is 0 Å².